The van der Waals surface area contributed by atoms with Gasteiger partial charge in [0.2, 0.25) is 0 Å². The van der Waals surface area contributed by atoms with Crippen LogP contribution in [-0.2, 0) is 4.79 Å². The lowest BCUT2D eigenvalue weighted by atomic mass is 10.2. The number of amides is 1. The second-order valence-electron chi connectivity index (χ2n) is 3.51. The normalized spacial score (nSPS) is 11.1. The average molecular weight is 217 g/mol. The summed E-state index contributed by atoms with van der Waals surface area (Å²) in [5, 5.41) is 11.6. The molecule has 0 aliphatic rings. The van der Waals surface area contributed by atoms with Gasteiger partial charge in [-0.25, -0.2) is 0 Å². The van der Waals surface area contributed by atoms with E-state index in [0.717, 1.165) is 5.56 Å². The second kappa shape index (κ2) is 6.65. The first-order valence-corrected chi connectivity index (χ1v) is 5.21. The molecule has 2 N–H and O–H groups in total. The summed E-state index contributed by atoms with van der Waals surface area (Å²) in [5.41, 5.74) is 0.813. The van der Waals surface area contributed by atoms with E-state index in [2.05, 4.69) is 17.2 Å². The zero-order chi connectivity index (χ0) is 11.8. The second-order valence-corrected chi connectivity index (χ2v) is 3.51. The van der Waals surface area contributed by atoms with Crippen LogP contribution in [0.1, 0.15) is 18.9 Å². The zero-order valence-corrected chi connectivity index (χ0v) is 9.23. The van der Waals surface area contributed by atoms with Crippen LogP contribution in [0.4, 0.5) is 0 Å². The fourth-order valence-corrected chi connectivity index (χ4v) is 1.09. The van der Waals surface area contributed by atoms with Crippen molar-refractivity contribution < 1.29 is 9.90 Å². The van der Waals surface area contributed by atoms with E-state index in [1.807, 2.05) is 30.3 Å². The van der Waals surface area contributed by atoms with Crippen LogP contribution in [0, 0.1) is 11.8 Å². The molecule has 0 radical (unpaired) electrons. The molecular weight excluding hydrogens is 202 g/mol. The van der Waals surface area contributed by atoms with Crippen molar-refractivity contribution in [3.8, 4) is 11.8 Å². The summed E-state index contributed by atoms with van der Waals surface area (Å²) in [6, 6.07) is 9.32. The number of hydrogen-bond acceptors (Lipinski definition) is 2. The third kappa shape index (κ3) is 5.18. The van der Waals surface area contributed by atoms with Gasteiger partial charge < -0.3 is 10.4 Å². The van der Waals surface area contributed by atoms with E-state index in [0.29, 0.717) is 13.0 Å². The fraction of sp³-hybridized carbons (Fsp3) is 0.308. The maximum Gasteiger partial charge on any atom is 0.296 e. The van der Waals surface area contributed by atoms with Crippen LogP contribution in [0.3, 0.4) is 0 Å². The van der Waals surface area contributed by atoms with Gasteiger partial charge in [-0.3, -0.25) is 4.79 Å². The molecule has 3 heteroatoms. The first-order chi connectivity index (χ1) is 7.68. The summed E-state index contributed by atoms with van der Waals surface area (Å²) < 4.78 is 0. The highest BCUT2D eigenvalue weighted by molar-refractivity contribution is 5.94. The summed E-state index contributed by atoms with van der Waals surface area (Å²) in [6.45, 7) is 2.13. The number of benzene rings is 1. The molecule has 3 nitrogen and oxygen atoms in total. The largest absolute Gasteiger partial charge is 0.393 e. The summed E-state index contributed by atoms with van der Waals surface area (Å²) >= 11 is 0. The molecule has 1 amide bonds. The summed E-state index contributed by atoms with van der Waals surface area (Å²) in [7, 11) is 0. The van der Waals surface area contributed by atoms with Crippen LogP contribution in [0.2, 0.25) is 0 Å². The molecular formula is C13H15NO2. The molecule has 0 saturated carbocycles. The van der Waals surface area contributed by atoms with Crippen molar-refractivity contribution in [1.82, 2.24) is 5.32 Å². The molecule has 0 aliphatic carbocycles. The Bertz CT molecular complexity index is 387. The van der Waals surface area contributed by atoms with Gasteiger partial charge in [-0.05, 0) is 25.5 Å². The number of hydrogen-bond donors (Lipinski definition) is 2. The Morgan fingerprint density at radius 1 is 1.44 bits per heavy atom. The van der Waals surface area contributed by atoms with Crippen LogP contribution < -0.4 is 5.32 Å². The van der Waals surface area contributed by atoms with Crippen LogP contribution in [0.15, 0.2) is 30.3 Å². The molecule has 1 atom stereocenters. The molecule has 0 fully saturated rings. The first-order valence-electron chi connectivity index (χ1n) is 5.21. The third-order valence-corrected chi connectivity index (χ3v) is 1.94. The van der Waals surface area contributed by atoms with Crippen LogP contribution >= 0.6 is 0 Å². The quantitative estimate of drug-likeness (QED) is 0.740. The smallest absolute Gasteiger partial charge is 0.296 e. The third-order valence-electron chi connectivity index (χ3n) is 1.94. The van der Waals surface area contributed by atoms with Crippen LogP contribution in [0.5, 0.6) is 0 Å². The van der Waals surface area contributed by atoms with Gasteiger partial charge in [-0.2, -0.15) is 0 Å². The maximum atomic E-state index is 11.2. The van der Waals surface area contributed by atoms with Gasteiger partial charge in [-0.15, -0.1) is 0 Å². The minimum Gasteiger partial charge on any atom is -0.393 e. The first kappa shape index (κ1) is 12.3. The van der Waals surface area contributed by atoms with Crippen LogP contribution in [-0.4, -0.2) is 23.7 Å². The zero-order valence-electron chi connectivity index (χ0n) is 9.23. The highest BCUT2D eigenvalue weighted by atomic mass is 16.3. The van der Waals surface area contributed by atoms with E-state index in [-0.39, 0.29) is 5.91 Å². The monoisotopic (exact) mass is 217 g/mol. The van der Waals surface area contributed by atoms with Gasteiger partial charge in [0.05, 0.1) is 6.10 Å². The molecule has 0 saturated heterocycles. The molecule has 0 aromatic heterocycles. The standard InChI is InChI=1S/C13H15NO2/c1-11(15)9-10-14-13(16)8-7-12-5-3-2-4-6-12/h2-6,11,15H,9-10H2,1H3,(H,14,16). The molecule has 1 aromatic rings. The Kier molecular flexibility index (Phi) is 5.10. The number of nitrogens with one attached hydrogen (secondary N) is 1. The van der Waals surface area contributed by atoms with Crippen molar-refractivity contribution >= 4 is 5.91 Å². The Morgan fingerprint density at radius 3 is 2.75 bits per heavy atom. The minimum absolute atomic E-state index is 0.315. The lowest BCUT2D eigenvalue weighted by Crippen LogP contribution is -2.24. The van der Waals surface area contributed by atoms with E-state index < -0.39 is 6.10 Å². The molecule has 0 heterocycles. The molecule has 0 spiro atoms. The number of carbonyl (C=O) groups excluding carboxylic acids is 1. The molecule has 1 rings (SSSR count). The van der Waals surface area contributed by atoms with Crippen molar-refractivity contribution in [3.63, 3.8) is 0 Å². The Labute approximate surface area is 95.5 Å². The van der Waals surface area contributed by atoms with E-state index >= 15 is 0 Å². The minimum atomic E-state index is -0.401. The fourth-order valence-electron chi connectivity index (χ4n) is 1.09. The maximum absolute atomic E-state index is 11.2. The molecule has 0 aliphatic heterocycles. The van der Waals surface area contributed by atoms with Crippen molar-refractivity contribution in [2.75, 3.05) is 6.54 Å². The molecule has 16 heavy (non-hydrogen) atoms. The Hall–Kier alpha value is -1.79. The van der Waals surface area contributed by atoms with E-state index in [4.69, 9.17) is 5.11 Å². The van der Waals surface area contributed by atoms with Gasteiger partial charge >= 0.3 is 0 Å². The summed E-state index contributed by atoms with van der Waals surface area (Å²) in [4.78, 5) is 11.2. The predicted molar refractivity (Wildman–Crippen MR) is 62.6 cm³/mol. The number of aliphatic hydroxyl groups excluding tert-OH is 1. The van der Waals surface area contributed by atoms with Crippen molar-refractivity contribution in [2.24, 2.45) is 0 Å². The average Bonchev–Trinajstić information content (AvgIpc) is 2.27. The van der Waals surface area contributed by atoms with Gasteiger partial charge in [0, 0.05) is 18.0 Å². The van der Waals surface area contributed by atoms with Gasteiger partial charge in [0.25, 0.3) is 5.91 Å². The van der Waals surface area contributed by atoms with Gasteiger partial charge in [0.1, 0.15) is 0 Å². The number of aliphatic hydroxyl groups is 1. The Balaban J connectivity index is 2.37. The summed E-state index contributed by atoms with van der Waals surface area (Å²) in [5.74, 6) is 4.93. The van der Waals surface area contributed by atoms with E-state index in [9.17, 15) is 4.79 Å². The van der Waals surface area contributed by atoms with Crippen molar-refractivity contribution in [1.29, 1.82) is 0 Å². The number of carbonyl (C=O) groups is 1. The van der Waals surface area contributed by atoms with E-state index in [1.54, 1.807) is 6.92 Å². The van der Waals surface area contributed by atoms with Crippen molar-refractivity contribution in [3.05, 3.63) is 35.9 Å². The molecule has 1 unspecified atom stereocenters. The van der Waals surface area contributed by atoms with Crippen molar-refractivity contribution in [2.45, 2.75) is 19.4 Å². The van der Waals surface area contributed by atoms with E-state index in [1.165, 1.54) is 0 Å². The SMILES string of the molecule is CC(O)CCNC(=O)C#Cc1ccccc1. The Morgan fingerprint density at radius 2 is 2.12 bits per heavy atom. The topological polar surface area (TPSA) is 49.3 Å². The lowest BCUT2D eigenvalue weighted by molar-refractivity contribution is -0.115. The van der Waals surface area contributed by atoms with Crippen LogP contribution in [0.25, 0.3) is 0 Å². The molecule has 0 bridgehead atoms. The van der Waals surface area contributed by atoms with Gasteiger partial charge in [0.15, 0.2) is 0 Å². The molecule has 1 aromatic carbocycles. The van der Waals surface area contributed by atoms with Gasteiger partial charge in [-0.1, -0.05) is 24.1 Å². The number of rotatable bonds is 3. The molecule has 84 valence electrons. The highest BCUT2D eigenvalue weighted by Gasteiger charge is 1.97. The predicted octanol–water partition coefficient (Wildman–Crippen LogP) is 0.925. The lowest BCUT2D eigenvalue weighted by Gasteiger charge is -2.02. The highest BCUT2D eigenvalue weighted by Crippen LogP contribution is 1.94. The summed E-state index contributed by atoms with van der Waals surface area (Å²) in [6.07, 6.45) is 0.140.